The number of hydrogen-bond donors (Lipinski definition) is 1. The second kappa shape index (κ2) is 6.80. The van der Waals surface area contributed by atoms with Gasteiger partial charge in [-0.2, -0.15) is 0 Å². The predicted molar refractivity (Wildman–Crippen MR) is 87.1 cm³/mol. The molecule has 0 aliphatic carbocycles. The Morgan fingerprint density at radius 2 is 2.13 bits per heavy atom. The van der Waals surface area contributed by atoms with Gasteiger partial charge in [-0.05, 0) is 19.9 Å². The minimum Gasteiger partial charge on any atom is -0.395 e. The fraction of sp³-hybridized carbons (Fsp3) is 0.688. The zero-order valence-electron chi connectivity index (χ0n) is 13.7. The van der Waals surface area contributed by atoms with Crippen molar-refractivity contribution in [1.82, 2.24) is 19.8 Å². The van der Waals surface area contributed by atoms with Gasteiger partial charge < -0.3 is 14.9 Å². The second-order valence-corrected chi connectivity index (χ2v) is 6.49. The maximum Gasteiger partial charge on any atom is 0.222 e. The first-order chi connectivity index (χ1) is 11.1. The molecule has 1 amide bonds. The number of aliphatic hydroxyl groups excluding tert-OH is 1. The monoisotopic (exact) mass is 319 g/mol. The van der Waals surface area contributed by atoms with E-state index in [1.54, 1.807) is 23.5 Å². The summed E-state index contributed by atoms with van der Waals surface area (Å²) in [6.07, 6.45) is 7.52. The van der Waals surface area contributed by atoms with E-state index in [1.807, 2.05) is 0 Å². The van der Waals surface area contributed by atoms with Gasteiger partial charge in [0.1, 0.15) is 5.82 Å². The molecule has 2 aliphatic rings. The van der Waals surface area contributed by atoms with Crippen molar-refractivity contribution in [2.45, 2.75) is 24.8 Å². The van der Waals surface area contributed by atoms with Gasteiger partial charge in [-0.15, -0.1) is 0 Å². The molecule has 0 saturated carbocycles. The van der Waals surface area contributed by atoms with Crippen molar-refractivity contribution in [2.75, 3.05) is 51.3 Å². The number of aliphatic hydroxyl groups is 1. The Labute approximate surface area is 136 Å². The fourth-order valence-corrected chi connectivity index (χ4v) is 3.70. The molecule has 2 aliphatic heterocycles. The van der Waals surface area contributed by atoms with Crippen LogP contribution in [0.15, 0.2) is 18.6 Å². The molecule has 2 fully saturated rings. The van der Waals surface area contributed by atoms with E-state index in [0.717, 1.165) is 38.3 Å². The number of piperazine rings is 1. The van der Waals surface area contributed by atoms with Gasteiger partial charge in [-0.1, -0.05) is 0 Å². The summed E-state index contributed by atoms with van der Waals surface area (Å²) in [6.45, 7) is 3.91. The summed E-state index contributed by atoms with van der Waals surface area (Å²) < 4.78 is 0. The molecule has 2 saturated heterocycles. The number of nitrogens with zero attached hydrogens (tertiary/aromatic N) is 5. The second-order valence-electron chi connectivity index (χ2n) is 6.49. The Balaban J connectivity index is 1.77. The highest BCUT2D eigenvalue weighted by Crippen LogP contribution is 2.33. The van der Waals surface area contributed by atoms with E-state index in [-0.39, 0.29) is 18.1 Å². The first-order valence-corrected chi connectivity index (χ1v) is 8.25. The molecule has 7 nitrogen and oxygen atoms in total. The van der Waals surface area contributed by atoms with Crippen molar-refractivity contribution >= 4 is 11.7 Å². The number of aromatic nitrogens is 2. The van der Waals surface area contributed by atoms with E-state index in [4.69, 9.17) is 5.11 Å². The van der Waals surface area contributed by atoms with Crippen molar-refractivity contribution in [3.63, 3.8) is 0 Å². The SMILES string of the molecule is CN1CCN(c2cnccn2)C[C@]12CCC(=O)N(CCO)CC2. The molecule has 1 atom stereocenters. The molecule has 0 radical (unpaired) electrons. The fourth-order valence-electron chi connectivity index (χ4n) is 3.70. The van der Waals surface area contributed by atoms with Gasteiger partial charge in [0, 0.05) is 57.1 Å². The molecule has 1 aromatic heterocycles. The Morgan fingerprint density at radius 1 is 1.26 bits per heavy atom. The highest BCUT2D eigenvalue weighted by Gasteiger charge is 2.42. The van der Waals surface area contributed by atoms with E-state index in [0.29, 0.717) is 19.5 Å². The number of hydrogen-bond acceptors (Lipinski definition) is 6. The maximum atomic E-state index is 12.2. The minimum atomic E-state index is -0.0182. The molecule has 23 heavy (non-hydrogen) atoms. The van der Waals surface area contributed by atoms with Crippen LogP contribution >= 0.6 is 0 Å². The van der Waals surface area contributed by atoms with Crippen LogP contribution in [0.1, 0.15) is 19.3 Å². The molecular weight excluding hydrogens is 294 g/mol. The molecule has 126 valence electrons. The van der Waals surface area contributed by atoms with Crippen LogP contribution in [0.4, 0.5) is 5.82 Å². The topological polar surface area (TPSA) is 72.8 Å². The Kier molecular flexibility index (Phi) is 4.77. The number of likely N-dealkylation sites (N-methyl/N-ethyl adjacent to an activating group) is 1. The van der Waals surface area contributed by atoms with Gasteiger partial charge >= 0.3 is 0 Å². The van der Waals surface area contributed by atoms with E-state index in [2.05, 4.69) is 26.8 Å². The standard InChI is InChI=1S/C16H25N5O2/c1-19-8-9-21(14-12-17-5-6-18-14)13-16(19)3-2-15(23)20(7-4-16)10-11-22/h5-6,12,22H,2-4,7-11,13H2,1H3/t16-/m1/s1. The maximum absolute atomic E-state index is 12.2. The third-order valence-electron chi connectivity index (χ3n) is 5.25. The quantitative estimate of drug-likeness (QED) is 0.844. The summed E-state index contributed by atoms with van der Waals surface area (Å²) in [5, 5.41) is 9.14. The summed E-state index contributed by atoms with van der Waals surface area (Å²) in [7, 11) is 2.15. The van der Waals surface area contributed by atoms with Crippen LogP contribution in [-0.2, 0) is 4.79 Å². The van der Waals surface area contributed by atoms with Crippen LogP contribution in [0, 0.1) is 0 Å². The molecule has 1 N–H and O–H groups in total. The third kappa shape index (κ3) is 3.30. The lowest BCUT2D eigenvalue weighted by Crippen LogP contribution is -2.61. The normalized spacial score (nSPS) is 26.6. The number of amides is 1. The lowest BCUT2D eigenvalue weighted by Gasteiger charge is -2.49. The van der Waals surface area contributed by atoms with Crippen LogP contribution < -0.4 is 4.90 Å². The smallest absolute Gasteiger partial charge is 0.222 e. The molecule has 1 spiro atoms. The first-order valence-electron chi connectivity index (χ1n) is 8.25. The molecule has 3 heterocycles. The highest BCUT2D eigenvalue weighted by atomic mass is 16.3. The van der Waals surface area contributed by atoms with Gasteiger partial charge in [0.15, 0.2) is 0 Å². The summed E-state index contributed by atoms with van der Waals surface area (Å²) in [5.74, 6) is 1.06. The molecular formula is C16H25N5O2. The lowest BCUT2D eigenvalue weighted by atomic mass is 9.86. The van der Waals surface area contributed by atoms with E-state index in [9.17, 15) is 4.79 Å². The molecule has 7 heteroatoms. The van der Waals surface area contributed by atoms with Gasteiger partial charge in [-0.25, -0.2) is 4.98 Å². The zero-order chi connectivity index (χ0) is 16.3. The molecule has 1 aromatic rings. The lowest BCUT2D eigenvalue weighted by molar-refractivity contribution is -0.131. The van der Waals surface area contributed by atoms with Crippen LogP contribution in [0.3, 0.4) is 0 Å². The van der Waals surface area contributed by atoms with Crippen LogP contribution in [-0.4, -0.2) is 82.7 Å². The molecule has 0 unspecified atom stereocenters. The number of carbonyl (C=O) groups excluding carboxylic acids is 1. The highest BCUT2D eigenvalue weighted by molar-refractivity contribution is 5.76. The van der Waals surface area contributed by atoms with E-state index in [1.165, 1.54) is 0 Å². The Hall–Kier alpha value is -1.73. The third-order valence-corrected chi connectivity index (χ3v) is 5.25. The largest absolute Gasteiger partial charge is 0.395 e. The molecule has 0 bridgehead atoms. The van der Waals surface area contributed by atoms with Crippen molar-refractivity contribution in [3.8, 4) is 0 Å². The van der Waals surface area contributed by atoms with Crippen LogP contribution in [0.5, 0.6) is 0 Å². The zero-order valence-corrected chi connectivity index (χ0v) is 13.7. The number of rotatable bonds is 3. The summed E-state index contributed by atoms with van der Waals surface area (Å²) >= 11 is 0. The van der Waals surface area contributed by atoms with Crippen molar-refractivity contribution in [3.05, 3.63) is 18.6 Å². The van der Waals surface area contributed by atoms with E-state index < -0.39 is 0 Å². The van der Waals surface area contributed by atoms with Gasteiger partial charge in [0.2, 0.25) is 5.91 Å². The van der Waals surface area contributed by atoms with Crippen molar-refractivity contribution in [1.29, 1.82) is 0 Å². The predicted octanol–water partition coefficient (Wildman–Crippen LogP) is -0.0280. The first kappa shape index (κ1) is 16.1. The Morgan fingerprint density at radius 3 is 2.87 bits per heavy atom. The average molecular weight is 319 g/mol. The molecule has 0 aromatic carbocycles. The number of anilines is 1. The van der Waals surface area contributed by atoms with Gasteiger partial charge in [0.05, 0.1) is 12.8 Å². The van der Waals surface area contributed by atoms with E-state index >= 15 is 0 Å². The summed E-state index contributed by atoms with van der Waals surface area (Å²) in [6, 6.07) is 0. The summed E-state index contributed by atoms with van der Waals surface area (Å²) in [5.41, 5.74) is -0.0182. The molecule has 3 rings (SSSR count). The van der Waals surface area contributed by atoms with Gasteiger partial charge in [0.25, 0.3) is 0 Å². The summed E-state index contributed by atoms with van der Waals surface area (Å²) in [4.78, 5) is 27.3. The Bertz CT molecular complexity index is 541. The van der Waals surface area contributed by atoms with Crippen LogP contribution in [0.25, 0.3) is 0 Å². The number of likely N-dealkylation sites (tertiary alicyclic amines) is 1. The van der Waals surface area contributed by atoms with Gasteiger partial charge in [-0.3, -0.25) is 14.7 Å². The number of β-amino-alcohol motifs (C(OH)–C–C–N with tert-alkyl or cyclic N) is 1. The average Bonchev–Trinajstić information content (AvgIpc) is 2.73. The van der Waals surface area contributed by atoms with Crippen molar-refractivity contribution in [2.24, 2.45) is 0 Å². The van der Waals surface area contributed by atoms with Crippen molar-refractivity contribution < 1.29 is 9.90 Å². The number of carbonyl (C=O) groups is 1. The van der Waals surface area contributed by atoms with Crippen LogP contribution in [0.2, 0.25) is 0 Å². The minimum absolute atomic E-state index is 0.0182.